The van der Waals surface area contributed by atoms with Crippen molar-refractivity contribution in [3.8, 4) is 0 Å². The third-order valence-corrected chi connectivity index (χ3v) is 2.58. The van der Waals surface area contributed by atoms with Gasteiger partial charge in [-0.3, -0.25) is 0 Å². The van der Waals surface area contributed by atoms with Gasteiger partial charge in [0.25, 0.3) is 0 Å². The molecule has 1 aromatic carbocycles. The molecule has 2 rings (SSSR count). The number of aliphatic hydroxyl groups is 1. The summed E-state index contributed by atoms with van der Waals surface area (Å²) in [7, 11) is 0. The number of allylic oxidation sites excluding steroid dienone is 1. The van der Waals surface area contributed by atoms with Crippen molar-refractivity contribution in [3.05, 3.63) is 65.4 Å². The van der Waals surface area contributed by atoms with Crippen LogP contribution in [-0.2, 0) is 12.8 Å². The molecule has 0 fully saturated rings. The number of hydrogen-bond acceptors (Lipinski definition) is 3. The first kappa shape index (κ1) is 12.3. The van der Waals surface area contributed by atoms with E-state index in [2.05, 4.69) is 22.1 Å². The molecule has 0 saturated carbocycles. The monoisotopic (exact) mass is 240 g/mol. The van der Waals surface area contributed by atoms with Gasteiger partial charge in [0.05, 0.1) is 5.76 Å². The van der Waals surface area contributed by atoms with Gasteiger partial charge in [0, 0.05) is 18.0 Å². The lowest BCUT2D eigenvalue weighted by molar-refractivity contribution is 0.419. The number of nitrogens with zero attached hydrogens (tertiary/aromatic N) is 2. The van der Waals surface area contributed by atoms with E-state index in [1.807, 2.05) is 24.3 Å². The second-order valence-corrected chi connectivity index (χ2v) is 4.18. The Bertz CT molecular complexity index is 531. The summed E-state index contributed by atoms with van der Waals surface area (Å²) in [5, 5.41) is 9.19. The molecule has 0 radical (unpaired) electrons. The van der Waals surface area contributed by atoms with E-state index in [4.69, 9.17) is 0 Å². The number of aromatic nitrogens is 2. The van der Waals surface area contributed by atoms with Crippen molar-refractivity contribution in [1.82, 2.24) is 9.97 Å². The summed E-state index contributed by atoms with van der Waals surface area (Å²) < 4.78 is 0. The highest BCUT2D eigenvalue weighted by molar-refractivity contribution is 5.41. The first-order valence-electron chi connectivity index (χ1n) is 5.97. The Kier molecular flexibility index (Phi) is 4.07. The van der Waals surface area contributed by atoms with E-state index in [0.29, 0.717) is 5.82 Å². The van der Waals surface area contributed by atoms with Gasteiger partial charge in [-0.25, -0.2) is 9.97 Å². The van der Waals surface area contributed by atoms with Crippen LogP contribution >= 0.6 is 0 Å². The zero-order chi connectivity index (χ0) is 12.8. The van der Waals surface area contributed by atoms with Gasteiger partial charge in [0.15, 0.2) is 5.82 Å². The van der Waals surface area contributed by atoms with Crippen LogP contribution in [0, 0.1) is 0 Å². The molecule has 2 aromatic rings. The van der Waals surface area contributed by atoms with Crippen molar-refractivity contribution in [2.24, 2.45) is 0 Å². The highest BCUT2D eigenvalue weighted by atomic mass is 16.3. The van der Waals surface area contributed by atoms with Crippen LogP contribution in [0.15, 0.2) is 48.4 Å². The molecule has 0 spiro atoms. The van der Waals surface area contributed by atoms with Gasteiger partial charge >= 0.3 is 0 Å². The van der Waals surface area contributed by atoms with Crippen LogP contribution in [-0.4, -0.2) is 15.1 Å². The minimum atomic E-state index is 0.218. The molecule has 0 saturated heterocycles. The van der Waals surface area contributed by atoms with E-state index in [9.17, 15) is 5.11 Å². The predicted octanol–water partition coefficient (Wildman–Crippen LogP) is 3.18. The Labute approximate surface area is 107 Å². The summed E-state index contributed by atoms with van der Waals surface area (Å²) in [6.07, 6.45) is 5.12. The van der Waals surface area contributed by atoms with Crippen molar-refractivity contribution < 1.29 is 5.11 Å². The molecule has 3 heteroatoms. The number of rotatable bonds is 4. The second-order valence-electron chi connectivity index (χ2n) is 4.18. The van der Waals surface area contributed by atoms with Gasteiger partial charge in [0.1, 0.15) is 0 Å². The SMILES string of the molecule is C/C(O)=C/c1nccc(CCc2ccccc2)n1. The average Bonchev–Trinajstić information content (AvgIpc) is 2.37. The second kappa shape index (κ2) is 5.96. The van der Waals surface area contributed by atoms with Crippen LogP contribution in [0.1, 0.15) is 24.0 Å². The van der Waals surface area contributed by atoms with Crippen molar-refractivity contribution in [2.45, 2.75) is 19.8 Å². The van der Waals surface area contributed by atoms with E-state index in [-0.39, 0.29) is 5.76 Å². The summed E-state index contributed by atoms with van der Waals surface area (Å²) in [5.41, 5.74) is 2.29. The molecule has 0 amide bonds. The molecule has 18 heavy (non-hydrogen) atoms. The zero-order valence-corrected chi connectivity index (χ0v) is 10.4. The van der Waals surface area contributed by atoms with Gasteiger partial charge in [-0.1, -0.05) is 30.3 Å². The van der Waals surface area contributed by atoms with Gasteiger partial charge in [-0.15, -0.1) is 0 Å². The Morgan fingerprint density at radius 2 is 1.94 bits per heavy atom. The lowest BCUT2D eigenvalue weighted by Crippen LogP contribution is -1.97. The normalized spacial score (nSPS) is 11.5. The third kappa shape index (κ3) is 3.70. The fourth-order valence-corrected chi connectivity index (χ4v) is 1.73. The summed E-state index contributed by atoms with van der Waals surface area (Å²) in [6.45, 7) is 1.61. The Hall–Kier alpha value is -2.16. The molecule has 0 bridgehead atoms. The first-order chi connectivity index (χ1) is 8.74. The average molecular weight is 240 g/mol. The molecule has 0 aliphatic rings. The van der Waals surface area contributed by atoms with Crippen LogP contribution in [0.4, 0.5) is 0 Å². The lowest BCUT2D eigenvalue weighted by atomic mass is 10.1. The molecule has 1 N–H and O–H groups in total. The maximum absolute atomic E-state index is 9.19. The first-order valence-corrected chi connectivity index (χ1v) is 5.97. The van der Waals surface area contributed by atoms with Crippen molar-refractivity contribution in [1.29, 1.82) is 0 Å². The molecular weight excluding hydrogens is 224 g/mol. The number of aliphatic hydroxyl groups excluding tert-OH is 1. The van der Waals surface area contributed by atoms with Crippen molar-refractivity contribution in [2.75, 3.05) is 0 Å². The van der Waals surface area contributed by atoms with Crippen LogP contribution < -0.4 is 0 Å². The predicted molar refractivity (Wildman–Crippen MR) is 72.2 cm³/mol. The molecule has 0 unspecified atom stereocenters. The van der Waals surface area contributed by atoms with E-state index < -0.39 is 0 Å². The highest BCUT2D eigenvalue weighted by Crippen LogP contribution is 2.06. The molecule has 92 valence electrons. The maximum atomic E-state index is 9.19. The number of benzene rings is 1. The fourth-order valence-electron chi connectivity index (χ4n) is 1.73. The van der Waals surface area contributed by atoms with E-state index in [1.54, 1.807) is 19.2 Å². The smallest absolute Gasteiger partial charge is 0.155 e. The van der Waals surface area contributed by atoms with E-state index in [0.717, 1.165) is 18.5 Å². The van der Waals surface area contributed by atoms with Gasteiger partial charge < -0.3 is 5.11 Å². The summed E-state index contributed by atoms with van der Waals surface area (Å²) in [5.74, 6) is 0.774. The van der Waals surface area contributed by atoms with Crippen molar-refractivity contribution in [3.63, 3.8) is 0 Å². The van der Waals surface area contributed by atoms with Crippen LogP contribution in [0.2, 0.25) is 0 Å². The minimum Gasteiger partial charge on any atom is -0.512 e. The maximum Gasteiger partial charge on any atom is 0.155 e. The zero-order valence-electron chi connectivity index (χ0n) is 10.4. The van der Waals surface area contributed by atoms with Gasteiger partial charge in [-0.2, -0.15) is 0 Å². The number of aryl methyl sites for hydroxylation is 2. The van der Waals surface area contributed by atoms with Gasteiger partial charge in [-0.05, 0) is 31.4 Å². The van der Waals surface area contributed by atoms with E-state index >= 15 is 0 Å². The molecule has 0 atom stereocenters. The van der Waals surface area contributed by atoms with Crippen molar-refractivity contribution >= 4 is 6.08 Å². The van der Waals surface area contributed by atoms with Crippen LogP contribution in [0.3, 0.4) is 0 Å². The fraction of sp³-hybridized carbons (Fsp3) is 0.200. The minimum absolute atomic E-state index is 0.218. The van der Waals surface area contributed by atoms with Crippen LogP contribution in [0.5, 0.6) is 0 Å². The highest BCUT2D eigenvalue weighted by Gasteiger charge is 1.99. The lowest BCUT2D eigenvalue weighted by Gasteiger charge is -2.02. The quantitative estimate of drug-likeness (QED) is 0.835. The molecule has 1 aromatic heterocycles. The molecule has 1 heterocycles. The van der Waals surface area contributed by atoms with E-state index in [1.165, 1.54) is 5.56 Å². The Morgan fingerprint density at radius 3 is 2.67 bits per heavy atom. The molecular formula is C15H16N2O. The largest absolute Gasteiger partial charge is 0.512 e. The molecule has 3 nitrogen and oxygen atoms in total. The Morgan fingerprint density at radius 1 is 1.17 bits per heavy atom. The standard InChI is InChI=1S/C15H16N2O/c1-12(18)11-15-16-10-9-14(17-15)8-7-13-5-3-2-4-6-13/h2-6,9-11,18H,7-8H2,1H3/b12-11-. The third-order valence-electron chi connectivity index (χ3n) is 2.58. The van der Waals surface area contributed by atoms with Gasteiger partial charge in [0.2, 0.25) is 0 Å². The Balaban J connectivity index is 2.04. The molecule has 0 aliphatic carbocycles. The number of hydrogen-bond donors (Lipinski definition) is 1. The summed E-state index contributed by atoms with van der Waals surface area (Å²) in [6, 6.07) is 12.2. The molecule has 0 aliphatic heterocycles. The topological polar surface area (TPSA) is 46.0 Å². The van der Waals surface area contributed by atoms with Crippen LogP contribution in [0.25, 0.3) is 6.08 Å². The summed E-state index contributed by atoms with van der Waals surface area (Å²) in [4.78, 5) is 8.47. The summed E-state index contributed by atoms with van der Waals surface area (Å²) >= 11 is 0.